The van der Waals surface area contributed by atoms with Crippen molar-refractivity contribution < 1.29 is 0 Å². The van der Waals surface area contributed by atoms with Crippen molar-refractivity contribution in [2.24, 2.45) is 0 Å². The Morgan fingerprint density at radius 1 is 0.722 bits per heavy atom. The zero-order valence-corrected chi connectivity index (χ0v) is 13.6. The fourth-order valence-electron chi connectivity index (χ4n) is 1.34. The zero-order valence-electron chi connectivity index (χ0n) is 13.6. The Morgan fingerprint density at radius 2 is 1.11 bits per heavy atom. The quantitative estimate of drug-likeness (QED) is 0.591. The van der Waals surface area contributed by atoms with Gasteiger partial charge in [0.15, 0.2) is 0 Å². The van der Waals surface area contributed by atoms with E-state index in [1.807, 2.05) is 0 Å². The Kier molecular flexibility index (Phi) is 8.10. The predicted molar refractivity (Wildman–Crippen MR) is 94.8 cm³/mol. The Labute approximate surface area is 121 Å². The second-order valence-corrected chi connectivity index (χ2v) is 7.66. The Bertz CT molecular complexity index is 198. The van der Waals surface area contributed by atoms with Gasteiger partial charge in [0, 0.05) is 27.6 Å². The predicted octanol–water partition coefficient (Wildman–Crippen LogP) is 2.21. The first-order valence-electron chi connectivity index (χ1n) is 7.07. The maximum absolute atomic E-state index is 2.31. The molecule has 0 aliphatic heterocycles. The minimum Gasteiger partial charge on any atom is -0.0838 e. The molecular formula is C11H25B7. The van der Waals surface area contributed by atoms with Crippen molar-refractivity contribution in [1.82, 2.24) is 0 Å². The highest BCUT2D eigenvalue weighted by Gasteiger charge is 2.22. The van der Waals surface area contributed by atoms with Gasteiger partial charge in [-0.15, -0.1) is 0 Å². The number of hydrogen-bond acceptors (Lipinski definition) is 0. The molecule has 7 heteroatoms. The molecule has 0 N–H and O–H groups in total. The number of hydrogen-bond donors (Lipinski definition) is 0. The summed E-state index contributed by atoms with van der Waals surface area (Å²) in [5.41, 5.74) is 0. The van der Waals surface area contributed by atoms with Crippen LogP contribution in [0.25, 0.3) is 0 Å². The fourth-order valence-corrected chi connectivity index (χ4v) is 1.34. The van der Waals surface area contributed by atoms with Crippen LogP contribution in [0.5, 0.6) is 0 Å². The van der Waals surface area contributed by atoms with Gasteiger partial charge >= 0.3 is 0 Å². The molecule has 0 spiro atoms. The van der Waals surface area contributed by atoms with E-state index in [1.165, 1.54) is 0 Å². The van der Waals surface area contributed by atoms with Gasteiger partial charge in [0.25, 0.3) is 0 Å². The van der Waals surface area contributed by atoms with Crippen LogP contribution in [0.1, 0.15) is 55.4 Å². The van der Waals surface area contributed by atoms with Crippen molar-refractivity contribution in [1.29, 1.82) is 0 Å². The molecule has 0 saturated heterocycles. The topological polar surface area (TPSA) is 0 Å². The van der Waals surface area contributed by atoms with Crippen molar-refractivity contribution in [3.8, 4) is 0 Å². The van der Waals surface area contributed by atoms with Crippen LogP contribution in [0.3, 0.4) is 0 Å². The summed E-state index contributed by atoms with van der Waals surface area (Å²) in [5.74, 6) is 0.610. The maximum Gasteiger partial charge on any atom is 0.0619 e. The summed E-state index contributed by atoms with van der Waals surface area (Å²) in [6, 6.07) is 0. The van der Waals surface area contributed by atoms with Crippen LogP contribution < -0.4 is 0 Å². The van der Waals surface area contributed by atoms with Gasteiger partial charge in [0.05, 0.1) is 21.5 Å². The molecule has 0 aromatic carbocycles. The van der Waals surface area contributed by atoms with Crippen LogP contribution in [0.2, 0.25) is 16.4 Å². The Balaban J connectivity index is 4.16. The van der Waals surface area contributed by atoms with Crippen LogP contribution in [-0.2, 0) is 0 Å². The van der Waals surface area contributed by atoms with E-state index in [0.29, 0.717) is 12.2 Å². The lowest BCUT2D eigenvalue weighted by Crippen LogP contribution is -2.48. The zero-order chi connectivity index (χ0) is 14.4. The van der Waals surface area contributed by atoms with Crippen molar-refractivity contribution >= 4 is 49.1 Å². The van der Waals surface area contributed by atoms with Crippen molar-refractivity contribution in [2.75, 3.05) is 0 Å². The molecule has 0 aliphatic carbocycles. The van der Waals surface area contributed by atoms with Gasteiger partial charge in [-0.2, -0.15) is 0 Å². The highest BCUT2D eigenvalue weighted by molar-refractivity contribution is 7.79. The van der Waals surface area contributed by atoms with E-state index in [-0.39, 0.29) is 10.6 Å². The van der Waals surface area contributed by atoms with E-state index < -0.39 is 0 Å². The summed E-state index contributed by atoms with van der Waals surface area (Å²) in [6.07, 6.45) is 0.408. The van der Waals surface area contributed by atoms with Gasteiger partial charge in [-0.25, -0.2) is 0 Å². The van der Waals surface area contributed by atoms with E-state index in [1.54, 1.807) is 0 Å². The summed E-state index contributed by atoms with van der Waals surface area (Å²) in [4.78, 5) is 0. The van der Waals surface area contributed by atoms with Crippen LogP contribution in [0, 0.1) is 0 Å². The van der Waals surface area contributed by atoms with Gasteiger partial charge in [-0.3, -0.25) is 0 Å². The molecule has 0 bridgehead atoms. The van der Waals surface area contributed by atoms with E-state index >= 15 is 0 Å². The lowest BCUT2D eigenvalue weighted by Gasteiger charge is -2.23. The van der Waals surface area contributed by atoms with Gasteiger partial charge in [0.1, 0.15) is 0 Å². The largest absolute Gasteiger partial charge is 0.0838 e. The van der Waals surface area contributed by atoms with Crippen molar-refractivity contribution in [3.63, 3.8) is 0 Å². The Hall–Kier alpha value is 0.455. The van der Waals surface area contributed by atoms with E-state index in [0.717, 1.165) is 0 Å². The molecule has 0 aromatic heterocycles. The molecule has 0 heterocycles. The molecule has 0 saturated carbocycles. The monoisotopic (exact) mass is 234 g/mol. The summed E-state index contributed by atoms with van der Waals surface area (Å²) in [6.45, 7) is 17.9. The molecule has 0 atom stereocenters. The highest BCUT2D eigenvalue weighted by Crippen LogP contribution is 2.20. The first kappa shape index (κ1) is 18.5. The summed E-state index contributed by atoms with van der Waals surface area (Å²) in [7, 11) is 13.8. The fraction of sp³-hybridized carbons (Fsp3) is 1.00. The van der Waals surface area contributed by atoms with Gasteiger partial charge in [-0.1, -0.05) is 71.8 Å². The lowest BCUT2D eigenvalue weighted by molar-refractivity contribution is 0.762. The minimum absolute atomic E-state index is 0.249. The first-order valence-corrected chi connectivity index (χ1v) is 7.07. The average Bonchev–Trinajstić information content (AvgIpc) is 2.13. The van der Waals surface area contributed by atoms with Crippen molar-refractivity contribution in [3.05, 3.63) is 0 Å². The summed E-state index contributed by atoms with van der Waals surface area (Å²) >= 11 is 0. The number of rotatable bonds is 7. The molecule has 6 radical (unpaired) electrons. The molecule has 0 rings (SSSR count). The lowest BCUT2D eigenvalue weighted by atomic mass is 8.75. The summed E-state index contributed by atoms with van der Waals surface area (Å²) < 4.78 is 0. The van der Waals surface area contributed by atoms with E-state index in [9.17, 15) is 0 Å². The molecule has 0 aliphatic rings. The third kappa shape index (κ3) is 12.9. The minimum atomic E-state index is 0.249. The second-order valence-electron chi connectivity index (χ2n) is 7.66. The normalized spacial score (nSPS) is 11.8. The molecule has 0 fully saturated rings. The second kappa shape index (κ2) is 7.90. The molecule has 0 unspecified atom stereocenters. The van der Waals surface area contributed by atoms with Gasteiger partial charge in [0.2, 0.25) is 0 Å². The standard InChI is InChI=1S/C11H25B7/c1-9(2)12-15-18(16-13-10(3,4)5)17-14-11(6,7)8/h9H,1-8H3. The summed E-state index contributed by atoms with van der Waals surface area (Å²) in [5, 5.41) is 0.499. The third-order valence-corrected chi connectivity index (χ3v) is 2.36. The van der Waals surface area contributed by atoms with Crippen LogP contribution in [-0.4, -0.2) is 49.1 Å². The Morgan fingerprint density at radius 3 is 1.39 bits per heavy atom. The molecule has 18 heavy (non-hydrogen) atoms. The van der Waals surface area contributed by atoms with Gasteiger partial charge in [-0.05, 0) is 0 Å². The van der Waals surface area contributed by atoms with Crippen LogP contribution in [0.15, 0.2) is 0 Å². The maximum atomic E-state index is 2.31. The third-order valence-electron chi connectivity index (χ3n) is 2.36. The highest BCUT2D eigenvalue weighted by atomic mass is 13.9. The van der Waals surface area contributed by atoms with E-state index in [4.69, 9.17) is 0 Å². The molecule has 90 valence electrons. The van der Waals surface area contributed by atoms with Crippen LogP contribution in [0.4, 0.5) is 0 Å². The van der Waals surface area contributed by atoms with Crippen molar-refractivity contribution in [2.45, 2.75) is 71.8 Å². The molecule has 0 amide bonds. The molecule has 0 nitrogen and oxygen atoms in total. The molecular weight excluding hydrogens is 208 g/mol. The smallest absolute Gasteiger partial charge is 0.0619 e. The average molecular weight is 233 g/mol. The first-order chi connectivity index (χ1) is 7.99. The SMILES string of the molecule is CC(C)[B][B]B([B][B]C(C)(C)C)[B][B]C(C)(C)C. The van der Waals surface area contributed by atoms with E-state index in [2.05, 4.69) is 98.1 Å². The van der Waals surface area contributed by atoms with Crippen LogP contribution >= 0.6 is 0 Å². The van der Waals surface area contributed by atoms with Gasteiger partial charge < -0.3 is 0 Å². The molecule has 0 aromatic rings.